The van der Waals surface area contributed by atoms with Gasteiger partial charge in [-0.15, -0.1) is 0 Å². The fourth-order valence-corrected chi connectivity index (χ4v) is 3.65. The number of carbonyl (C=O) groups excluding carboxylic acids is 2. The molecule has 2 aromatic rings. The molecule has 1 unspecified atom stereocenters. The van der Waals surface area contributed by atoms with Crippen LogP contribution >= 0.6 is 11.6 Å². The minimum atomic E-state index is -0.871. The average Bonchev–Trinajstić information content (AvgIpc) is 2.93. The molecule has 7 heteroatoms. The molecule has 0 aliphatic heterocycles. The highest BCUT2D eigenvalue weighted by Gasteiger charge is 2.27. The van der Waals surface area contributed by atoms with Crippen molar-refractivity contribution < 1.29 is 14.3 Å². The Labute approximate surface area is 183 Å². The van der Waals surface area contributed by atoms with Crippen molar-refractivity contribution in [2.24, 2.45) is 0 Å². The summed E-state index contributed by atoms with van der Waals surface area (Å²) in [6.07, 6.45) is 1.99. The Morgan fingerprint density at radius 2 is 1.73 bits per heavy atom. The van der Waals surface area contributed by atoms with Gasteiger partial charge < -0.3 is 9.64 Å². The van der Waals surface area contributed by atoms with E-state index in [0.29, 0.717) is 23.0 Å². The normalized spacial score (nSPS) is 12.6. The van der Waals surface area contributed by atoms with Gasteiger partial charge >= 0.3 is 5.97 Å². The van der Waals surface area contributed by atoms with E-state index < -0.39 is 12.1 Å². The lowest BCUT2D eigenvalue weighted by Crippen LogP contribution is -2.47. The summed E-state index contributed by atoms with van der Waals surface area (Å²) in [6.45, 7) is 11.7. The van der Waals surface area contributed by atoms with Crippen LogP contribution < -0.4 is 0 Å². The molecule has 30 heavy (non-hydrogen) atoms. The second kappa shape index (κ2) is 10.4. The number of benzene rings is 1. The second-order valence-corrected chi connectivity index (χ2v) is 8.14. The number of nitrogens with zero attached hydrogens (tertiary/aromatic N) is 3. The number of esters is 1. The van der Waals surface area contributed by atoms with Gasteiger partial charge in [-0.1, -0.05) is 41.9 Å². The molecule has 0 bridgehead atoms. The van der Waals surface area contributed by atoms with E-state index in [4.69, 9.17) is 16.3 Å². The van der Waals surface area contributed by atoms with Crippen LogP contribution in [-0.4, -0.2) is 44.7 Å². The first-order chi connectivity index (χ1) is 14.1. The number of amides is 1. The summed E-state index contributed by atoms with van der Waals surface area (Å²) in [5.74, 6) is -0.818. The molecule has 1 atom stereocenters. The number of hydrogen-bond acceptors (Lipinski definition) is 4. The minimum absolute atomic E-state index is 0.0195. The number of aryl methyl sites for hydroxylation is 1. The van der Waals surface area contributed by atoms with Crippen LogP contribution in [0.3, 0.4) is 0 Å². The van der Waals surface area contributed by atoms with Gasteiger partial charge in [0.05, 0.1) is 12.2 Å². The number of carbonyl (C=O) groups is 2. The van der Waals surface area contributed by atoms with Crippen LogP contribution in [0.5, 0.6) is 0 Å². The smallest absolute Gasteiger partial charge is 0.331 e. The lowest BCUT2D eigenvalue weighted by atomic mass is 10.2. The van der Waals surface area contributed by atoms with Crippen molar-refractivity contribution in [1.29, 1.82) is 0 Å². The topological polar surface area (TPSA) is 64.4 Å². The maximum atomic E-state index is 12.6. The third-order valence-corrected chi connectivity index (χ3v) is 5.08. The van der Waals surface area contributed by atoms with Crippen LogP contribution in [0.4, 0.5) is 0 Å². The van der Waals surface area contributed by atoms with Gasteiger partial charge in [0.1, 0.15) is 5.15 Å². The van der Waals surface area contributed by atoms with Crippen LogP contribution in [0.2, 0.25) is 5.15 Å². The quantitative estimate of drug-likeness (QED) is 0.456. The molecular weight excluding hydrogens is 402 g/mol. The minimum Gasteiger partial charge on any atom is -0.449 e. The fraction of sp³-hybridized carbons (Fsp3) is 0.435. The molecule has 0 aliphatic carbocycles. The second-order valence-electron chi connectivity index (χ2n) is 7.78. The molecule has 0 N–H and O–H groups in total. The van der Waals surface area contributed by atoms with Gasteiger partial charge in [-0.25, -0.2) is 9.48 Å². The molecule has 1 aromatic heterocycles. The Hall–Kier alpha value is -2.60. The Bertz CT molecular complexity index is 896. The van der Waals surface area contributed by atoms with Crippen LogP contribution in [0, 0.1) is 6.92 Å². The summed E-state index contributed by atoms with van der Waals surface area (Å²) >= 11 is 6.47. The number of aromatic nitrogens is 2. The SMILES string of the molecule is Cc1nn(Cc2ccccc2)c(Cl)c1/C=C/C(=O)OC(C)C(=O)N(C(C)C)C(C)C. The zero-order valence-electron chi connectivity index (χ0n) is 18.4. The zero-order valence-corrected chi connectivity index (χ0v) is 19.2. The van der Waals surface area contributed by atoms with Crippen molar-refractivity contribution in [3.05, 3.63) is 58.4 Å². The van der Waals surface area contributed by atoms with E-state index in [9.17, 15) is 9.59 Å². The van der Waals surface area contributed by atoms with Crippen LogP contribution in [0.15, 0.2) is 36.4 Å². The molecule has 162 valence electrons. The summed E-state index contributed by atoms with van der Waals surface area (Å²) < 4.78 is 7.00. The largest absolute Gasteiger partial charge is 0.449 e. The third-order valence-electron chi connectivity index (χ3n) is 4.68. The summed E-state index contributed by atoms with van der Waals surface area (Å²) in [4.78, 5) is 26.6. The predicted octanol–water partition coefficient (Wildman–Crippen LogP) is 4.48. The highest BCUT2D eigenvalue weighted by atomic mass is 35.5. The summed E-state index contributed by atoms with van der Waals surface area (Å²) in [7, 11) is 0. The van der Waals surface area contributed by atoms with Gasteiger partial charge in [0.15, 0.2) is 6.10 Å². The highest BCUT2D eigenvalue weighted by molar-refractivity contribution is 6.31. The molecule has 2 rings (SSSR count). The van der Waals surface area contributed by atoms with E-state index >= 15 is 0 Å². The predicted molar refractivity (Wildman–Crippen MR) is 119 cm³/mol. The third kappa shape index (κ3) is 5.95. The van der Waals surface area contributed by atoms with Crippen molar-refractivity contribution >= 4 is 29.6 Å². The van der Waals surface area contributed by atoms with Gasteiger partial charge in [0.2, 0.25) is 0 Å². The molecule has 0 radical (unpaired) electrons. The van der Waals surface area contributed by atoms with Gasteiger partial charge in [0, 0.05) is 23.7 Å². The Balaban J connectivity index is 2.06. The van der Waals surface area contributed by atoms with E-state index in [2.05, 4.69) is 5.10 Å². The summed E-state index contributed by atoms with van der Waals surface area (Å²) in [5.41, 5.74) is 2.42. The number of halogens is 1. The maximum absolute atomic E-state index is 12.6. The monoisotopic (exact) mass is 431 g/mol. The zero-order chi connectivity index (χ0) is 22.4. The van der Waals surface area contributed by atoms with Crippen molar-refractivity contribution in [3.8, 4) is 0 Å². The van der Waals surface area contributed by atoms with Gasteiger partial charge in [-0.2, -0.15) is 5.10 Å². The van der Waals surface area contributed by atoms with E-state index in [1.54, 1.807) is 22.6 Å². The standard InChI is InChI=1S/C23H30ClN3O3/c1-15(2)27(16(3)4)23(29)18(6)30-21(28)13-12-20-17(5)25-26(22(20)24)14-19-10-8-7-9-11-19/h7-13,15-16,18H,14H2,1-6H3/b13-12+. The van der Waals surface area contributed by atoms with Gasteiger partial charge in [-0.05, 0) is 53.2 Å². The Morgan fingerprint density at radius 3 is 2.30 bits per heavy atom. The van der Waals surface area contributed by atoms with E-state index in [0.717, 1.165) is 5.56 Å². The maximum Gasteiger partial charge on any atom is 0.331 e. The van der Waals surface area contributed by atoms with Crippen molar-refractivity contribution in [1.82, 2.24) is 14.7 Å². The molecule has 1 aromatic carbocycles. The molecule has 0 aliphatic rings. The first-order valence-electron chi connectivity index (χ1n) is 10.1. The molecule has 6 nitrogen and oxygen atoms in total. The van der Waals surface area contributed by atoms with E-state index in [1.807, 2.05) is 65.0 Å². The van der Waals surface area contributed by atoms with Crippen LogP contribution in [0.1, 0.15) is 51.4 Å². The molecule has 0 saturated carbocycles. The molecule has 0 saturated heterocycles. The summed E-state index contributed by atoms with van der Waals surface area (Å²) in [5, 5.41) is 4.90. The first-order valence-corrected chi connectivity index (χ1v) is 10.5. The highest BCUT2D eigenvalue weighted by Crippen LogP contribution is 2.22. The van der Waals surface area contributed by atoms with Crippen molar-refractivity contribution in [2.75, 3.05) is 0 Å². The molecular formula is C23H30ClN3O3. The number of rotatable bonds is 8. The van der Waals surface area contributed by atoms with Gasteiger partial charge in [0.25, 0.3) is 5.91 Å². The Kier molecular flexibility index (Phi) is 8.24. The molecule has 0 fully saturated rings. The summed E-state index contributed by atoms with van der Waals surface area (Å²) in [6, 6.07) is 9.90. The number of ether oxygens (including phenoxy) is 1. The lowest BCUT2D eigenvalue weighted by molar-refractivity contribution is -0.157. The Morgan fingerprint density at radius 1 is 1.13 bits per heavy atom. The van der Waals surface area contributed by atoms with Crippen LogP contribution in [-0.2, 0) is 20.9 Å². The van der Waals surface area contributed by atoms with Gasteiger partial charge in [-0.3, -0.25) is 4.79 Å². The van der Waals surface area contributed by atoms with E-state index in [-0.39, 0.29) is 18.0 Å². The van der Waals surface area contributed by atoms with Crippen molar-refractivity contribution in [3.63, 3.8) is 0 Å². The lowest BCUT2D eigenvalue weighted by Gasteiger charge is -2.32. The fourth-order valence-electron chi connectivity index (χ4n) is 3.35. The van der Waals surface area contributed by atoms with Crippen molar-refractivity contribution in [2.45, 2.75) is 66.3 Å². The van der Waals surface area contributed by atoms with E-state index in [1.165, 1.54) is 6.08 Å². The molecule has 1 amide bonds. The average molecular weight is 432 g/mol. The van der Waals surface area contributed by atoms with Crippen LogP contribution in [0.25, 0.3) is 6.08 Å². The molecule has 1 heterocycles. The molecule has 0 spiro atoms. The first kappa shape index (κ1) is 23.7. The number of hydrogen-bond donors (Lipinski definition) is 0.